The third-order valence-electron chi connectivity index (χ3n) is 4.46. The summed E-state index contributed by atoms with van der Waals surface area (Å²) in [5.41, 5.74) is 0.537. The predicted octanol–water partition coefficient (Wildman–Crippen LogP) is 4.62. The van der Waals surface area contributed by atoms with Crippen molar-refractivity contribution in [2.24, 2.45) is 11.3 Å². The highest BCUT2D eigenvalue weighted by Gasteiger charge is 2.29. The molecule has 1 nitrogen and oxygen atoms in total. The van der Waals surface area contributed by atoms with Crippen molar-refractivity contribution >= 4 is 0 Å². The minimum atomic E-state index is 0.537. The molecule has 0 saturated carbocycles. The maximum Gasteiger partial charge on any atom is -0.00183 e. The molecule has 0 spiro atoms. The molecule has 0 heterocycles. The van der Waals surface area contributed by atoms with E-state index in [0.717, 1.165) is 5.92 Å². The van der Waals surface area contributed by atoms with Crippen LogP contribution in [0.1, 0.15) is 72.6 Å². The SMILES string of the molecule is CCCCCCC(CNC)C(C)(CC)CC. The van der Waals surface area contributed by atoms with Crippen LogP contribution in [0.4, 0.5) is 0 Å². The van der Waals surface area contributed by atoms with Crippen LogP contribution < -0.4 is 5.32 Å². The van der Waals surface area contributed by atoms with Crippen LogP contribution in [0.25, 0.3) is 0 Å². The molecular formula is C15H33N. The Bertz CT molecular complexity index is 150. The lowest BCUT2D eigenvalue weighted by molar-refractivity contribution is 0.153. The van der Waals surface area contributed by atoms with E-state index in [1.54, 1.807) is 0 Å². The molecule has 1 N–H and O–H groups in total. The smallest absolute Gasteiger partial charge is 0.00183 e. The molecule has 0 amide bonds. The van der Waals surface area contributed by atoms with E-state index in [2.05, 4.69) is 40.1 Å². The first-order valence-corrected chi connectivity index (χ1v) is 7.29. The van der Waals surface area contributed by atoms with Crippen molar-refractivity contribution in [3.05, 3.63) is 0 Å². The third-order valence-corrected chi connectivity index (χ3v) is 4.46. The fourth-order valence-corrected chi connectivity index (χ4v) is 2.59. The Balaban J connectivity index is 4.13. The third kappa shape index (κ3) is 5.34. The number of unbranched alkanes of at least 4 members (excludes halogenated alkanes) is 3. The molecule has 0 aliphatic carbocycles. The van der Waals surface area contributed by atoms with Gasteiger partial charge in [0.25, 0.3) is 0 Å². The summed E-state index contributed by atoms with van der Waals surface area (Å²) in [6.07, 6.45) is 9.60. The Labute approximate surface area is 103 Å². The van der Waals surface area contributed by atoms with Crippen LogP contribution in [0.3, 0.4) is 0 Å². The summed E-state index contributed by atoms with van der Waals surface area (Å²) in [7, 11) is 2.09. The van der Waals surface area contributed by atoms with Crippen molar-refractivity contribution in [3.8, 4) is 0 Å². The molecule has 0 radical (unpaired) electrons. The zero-order valence-electron chi connectivity index (χ0n) is 12.2. The summed E-state index contributed by atoms with van der Waals surface area (Å²) in [4.78, 5) is 0. The first-order valence-electron chi connectivity index (χ1n) is 7.29. The zero-order chi connectivity index (χ0) is 12.4. The molecule has 98 valence electrons. The first-order chi connectivity index (χ1) is 7.64. The van der Waals surface area contributed by atoms with Crippen molar-refractivity contribution in [1.82, 2.24) is 5.32 Å². The van der Waals surface area contributed by atoms with Crippen LogP contribution in [-0.4, -0.2) is 13.6 Å². The van der Waals surface area contributed by atoms with E-state index >= 15 is 0 Å². The second kappa shape index (κ2) is 9.04. The highest BCUT2D eigenvalue weighted by atomic mass is 14.8. The molecule has 1 heteroatoms. The van der Waals surface area contributed by atoms with Gasteiger partial charge in [-0.3, -0.25) is 0 Å². The van der Waals surface area contributed by atoms with Crippen LogP contribution in [0.2, 0.25) is 0 Å². The van der Waals surface area contributed by atoms with Gasteiger partial charge in [0.15, 0.2) is 0 Å². The molecule has 0 fully saturated rings. The van der Waals surface area contributed by atoms with E-state index in [1.165, 1.54) is 51.5 Å². The van der Waals surface area contributed by atoms with Gasteiger partial charge in [-0.15, -0.1) is 0 Å². The van der Waals surface area contributed by atoms with E-state index in [4.69, 9.17) is 0 Å². The van der Waals surface area contributed by atoms with Crippen LogP contribution in [-0.2, 0) is 0 Å². The molecule has 0 aromatic carbocycles. The van der Waals surface area contributed by atoms with Gasteiger partial charge in [-0.2, -0.15) is 0 Å². The highest BCUT2D eigenvalue weighted by molar-refractivity contribution is 4.81. The highest BCUT2D eigenvalue weighted by Crippen LogP contribution is 2.37. The van der Waals surface area contributed by atoms with Crippen LogP contribution in [0, 0.1) is 11.3 Å². The summed E-state index contributed by atoms with van der Waals surface area (Å²) < 4.78 is 0. The Morgan fingerprint density at radius 2 is 1.62 bits per heavy atom. The standard InChI is InChI=1S/C15H33N/c1-6-9-10-11-12-14(13-16-5)15(4,7-2)8-3/h14,16H,6-13H2,1-5H3. The van der Waals surface area contributed by atoms with E-state index in [9.17, 15) is 0 Å². The van der Waals surface area contributed by atoms with Crippen LogP contribution in [0.5, 0.6) is 0 Å². The predicted molar refractivity (Wildman–Crippen MR) is 74.9 cm³/mol. The van der Waals surface area contributed by atoms with E-state index in [0.29, 0.717) is 5.41 Å². The van der Waals surface area contributed by atoms with Gasteiger partial charge in [0, 0.05) is 0 Å². The molecule has 0 saturated heterocycles. The minimum absolute atomic E-state index is 0.537. The van der Waals surface area contributed by atoms with Crippen molar-refractivity contribution in [1.29, 1.82) is 0 Å². The monoisotopic (exact) mass is 227 g/mol. The molecule has 0 rings (SSSR count). The minimum Gasteiger partial charge on any atom is -0.319 e. The zero-order valence-corrected chi connectivity index (χ0v) is 12.2. The van der Waals surface area contributed by atoms with Gasteiger partial charge in [0.1, 0.15) is 0 Å². The Morgan fingerprint density at radius 1 is 1.00 bits per heavy atom. The van der Waals surface area contributed by atoms with Crippen molar-refractivity contribution in [2.45, 2.75) is 72.6 Å². The fourth-order valence-electron chi connectivity index (χ4n) is 2.59. The molecule has 1 atom stereocenters. The van der Waals surface area contributed by atoms with Gasteiger partial charge in [-0.1, -0.05) is 66.2 Å². The van der Waals surface area contributed by atoms with E-state index in [1.807, 2.05) is 0 Å². The maximum atomic E-state index is 3.38. The fraction of sp³-hybridized carbons (Fsp3) is 1.00. The molecule has 0 aliphatic heterocycles. The molecule has 0 aliphatic rings. The second-order valence-corrected chi connectivity index (χ2v) is 5.47. The van der Waals surface area contributed by atoms with Crippen LogP contribution >= 0.6 is 0 Å². The number of hydrogen-bond donors (Lipinski definition) is 1. The van der Waals surface area contributed by atoms with Crippen molar-refractivity contribution in [2.75, 3.05) is 13.6 Å². The molecule has 16 heavy (non-hydrogen) atoms. The summed E-state index contributed by atoms with van der Waals surface area (Å²) in [6, 6.07) is 0. The summed E-state index contributed by atoms with van der Waals surface area (Å²) >= 11 is 0. The summed E-state index contributed by atoms with van der Waals surface area (Å²) in [6.45, 7) is 10.6. The van der Waals surface area contributed by atoms with Crippen molar-refractivity contribution < 1.29 is 0 Å². The first kappa shape index (κ1) is 16.0. The molecule has 0 aromatic heterocycles. The summed E-state index contributed by atoms with van der Waals surface area (Å²) in [5, 5.41) is 3.38. The van der Waals surface area contributed by atoms with Gasteiger partial charge in [-0.25, -0.2) is 0 Å². The number of hydrogen-bond acceptors (Lipinski definition) is 1. The lowest BCUT2D eigenvalue weighted by atomic mass is 9.71. The largest absolute Gasteiger partial charge is 0.319 e. The van der Waals surface area contributed by atoms with Gasteiger partial charge in [0.2, 0.25) is 0 Å². The normalized spacial score (nSPS) is 14.1. The van der Waals surface area contributed by atoms with Crippen molar-refractivity contribution in [3.63, 3.8) is 0 Å². The number of nitrogens with one attached hydrogen (secondary N) is 1. The van der Waals surface area contributed by atoms with Crippen LogP contribution in [0.15, 0.2) is 0 Å². The molecular weight excluding hydrogens is 194 g/mol. The Morgan fingerprint density at radius 3 is 2.06 bits per heavy atom. The lowest BCUT2D eigenvalue weighted by Gasteiger charge is -2.36. The average Bonchev–Trinajstić information content (AvgIpc) is 2.32. The van der Waals surface area contributed by atoms with E-state index < -0.39 is 0 Å². The number of rotatable bonds is 10. The van der Waals surface area contributed by atoms with Gasteiger partial charge >= 0.3 is 0 Å². The van der Waals surface area contributed by atoms with Gasteiger partial charge < -0.3 is 5.32 Å². The quantitative estimate of drug-likeness (QED) is 0.537. The second-order valence-electron chi connectivity index (χ2n) is 5.47. The molecule has 0 bridgehead atoms. The van der Waals surface area contributed by atoms with Gasteiger partial charge in [0.05, 0.1) is 0 Å². The van der Waals surface area contributed by atoms with Gasteiger partial charge in [-0.05, 0) is 31.3 Å². The average molecular weight is 227 g/mol. The topological polar surface area (TPSA) is 12.0 Å². The maximum absolute atomic E-state index is 3.38. The Hall–Kier alpha value is -0.0400. The molecule has 1 unspecified atom stereocenters. The lowest BCUT2D eigenvalue weighted by Crippen LogP contribution is -2.33. The molecule has 0 aromatic rings. The summed E-state index contributed by atoms with van der Waals surface area (Å²) in [5.74, 6) is 0.851. The van der Waals surface area contributed by atoms with E-state index in [-0.39, 0.29) is 0 Å². The Kier molecular flexibility index (Phi) is 9.02.